The number of halogens is 1. The second kappa shape index (κ2) is 7.65. The molecule has 0 saturated carbocycles. The highest BCUT2D eigenvalue weighted by Gasteiger charge is 2.13. The average molecular weight is 334 g/mol. The molecule has 0 heterocycles. The van der Waals surface area contributed by atoms with E-state index in [-0.39, 0.29) is 24.0 Å². The first-order chi connectivity index (χ1) is 11.0. The van der Waals surface area contributed by atoms with E-state index < -0.39 is 11.9 Å². The highest BCUT2D eigenvalue weighted by molar-refractivity contribution is 6.30. The minimum atomic E-state index is -0.629. The lowest BCUT2D eigenvalue weighted by atomic mass is 10.1. The summed E-state index contributed by atoms with van der Waals surface area (Å²) in [4.78, 5) is 23.6. The van der Waals surface area contributed by atoms with Gasteiger partial charge >= 0.3 is 5.97 Å². The van der Waals surface area contributed by atoms with Gasteiger partial charge in [-0.25, -0.2) is 4.79 Å². The molecule has 0 aliphatic heterocycles. The van der Waals surface area contributed by atoms with Gasteiger partial charge in [0.05, 0.1) is 11.6 Å². The Morgan fingerprint density at radius 2 is 1.91 bits per heavy atom. The van der Waals surface area contributed by atoms with Gasteiger partial charge < -0.3 is 15.2 Å². The number of carbonyl (C=O) groups excluding carboxylic acids is 2. The number of nitrogens with one attached hydrogen (secondary N) is 1. The van der Waals surface area contributed by atoms with Crippen molar-refractivity contribution in [2.24, 2.45) is 0 Å². The summed E-state index contributed by atoms with van der Waals surface area (Å²) in [5.41, 5.74) is 1.12. The van der Waals surface area contributed by atoms with Crippen molar-refractivity contribution < 1.29 is 19.4 Å². The van der Waals surface area contributed by atoms with Gasteiger partial charge in [-0.3, -0.25) is 4.79 Å². The Kier molecular flexibility index (Phi) is 5.60. The zero-order valence-corrected chi connectivity index (χ0v) is 13.2. The first-order valence-electron chi connectivity index (χ1n) is 6.96. The minimum Gasteiger partial charge on any atom is -0.508 e. The Bertz CT molecular complexity index is 700. The molecule has 120 valence electrons. The van der Waals surface area contributed by atoms with E-state index in [9.17, 15) is 9.59 Å². The van der Waals surface area contributed by atoms with Crippen LogP contribution in [0.2, 0.25) is 5.02 Å². The zero-order valence-electron chi connectivity index (χ0n) is 12.5. The topological polar surface area (TPSA) is 75.6 Å². The van der Waals surface area contributed by atoms with Crippen LogP contribution in [0.15, 0.2) is 48.5 Å². The van der Waals surface area contributed by atoms with E-state index >= 15 is 0 Å². The lowest BCUT2D eigenvalue weighted by Gasteiger charge is -2.14. The van der Waals surface area contributed by atoms with Crippen LogP contribution in [0.1, 0.15) is 28.9 Å². The van der Waals surface area contributed by atoms with Crippen LogP contribution in [0.3, 0.4) is 0 Å². The molecule has 2 aromatic carbocycles. The molecule has 6 heteroatoms. The first-order valence-corrected chi connectivity index (χ1v) is 7.34. The van der Waals surface area contributed by atoms with E-state index in [2.05, 4.69) is 5.32 Å². The maximum atomic E-state index is 11.8. The van der Waals surface area contributed by atoms with Crippen molar-refractivity contribution in [1.82, 2.24) is 5.32 Å². The van der Waals surface area contributed by atoms with Crippen LogP contribution >= 0.6 is 11.6 Å². The molecule has 0 aromatic heterocycles. The molecular weight excluding hydrogens is 318 g/mol. The molecule has 0 aliphatic rings. The second-order valence-electron chi connectivity index (χ2n) is 4.97. The molecule has 2 rings (SSSR count). The van der Waals surface area contributed by atoms with Gasteiger partial charge in [0.1, 0.15) is 5.75 Å². The number of aromatic hydroxyl groups is 1. The van der Waals surface area contributed by atoms with Crippen LogP contribution in [0.5, 0.6) is 5.75 Å². The average Bonchev–Trinajstić information content (AvgIpc) is 2.53. The van der Waals surface area contributed by atoms with E-state index in [4.69, 9.17) is 21.4 Å². The molecule has 1 amide bonds. The molecule has 0 radical (unpaired) electrons. The number of esters is 1. The lowest BCUT2D eigenvalue weighted by molar-refractivity contribution is -0.124. The largest absolute Gasteiger partial charge is 0.508 e. The number of carbonyl (C=O) groups is 2. The van der Waals surface area contributed by atoms with Crippen molar-refractivity contribution in [3.63, 3.8) is 0 Å². The molecule has 1 atom stereocenters. The fourth-order valence-electron chi connectivity index (χ4n) is 1.95. The highest BCUT2D eigenvalue weighted by atomic mass is 35.5. The molecule has 23 heavy (non-hydrogen) atoms. The second-order valence-corrected chi connectivity index (χ2v) is 5.40. The van der Waals surface area contributed by atoms with Gasteiger partial charge in [-0.05, 0) is 48.9 Å². The molecule has 0 spiro atoms. The Morgan fingerprint density at radius 3 is 2.57 bits per heavy atom. The third-order valence-corrected chi connectivity index (χ3v) is 3.40. The summed E-state index contributed by atoms with van der Waals surface area (Å²) in [5, 5.41) is 12.5. The summed E-state index contributed by atoms with van der Waals surface area (Å²) >= 11 is 5.91. The molecule has 5 nitrogen and oxygen atoms in total. The minimum absolute atomic E-state index is 0.0506. The van der Waals surface area contributed by atoms with E-state index in [1.165, 1.54) is 24.3 Å². The molecule has 0 unspecified atom stereocenters. The van der Waals surface area contributed by atoms with Gasteiger partial charge in [-0.15, -0.1) is 0 Å². The van der Waals surface area contributed by atoms with Gasteiger partial charge in [0.15, 0.2) is 6.61 Å². The predicted molar refractivity (Wildman–Crippen MR) is 86.4 cm³/mol. The summed E-state index contributed by atoms with van der Waals surface area (Å²) < 4.78 is 4.93. The third kappa shape index (κ3) is 5.00. The summed E-state index contributed by atoms with van der Waals surface area (Å²) in [7, 11) is 0. The van der Waals surface area contributed by atoms with Gasteiger partial charge in [-0.2, -0.15) is 0 Å². The summed E-state index contributed by atoms with van der Waals surface area (Å²) in [6.45, 7) is 1.43. The first kappa shape index (κ1) is 16.8. The summed E-state index contributed by atoms with van der Waals surface area (Å²) in [5.74, 6) is -0.991. The molecule has 2 N–H and O–H groups in total. The van der Waals surface area contributed by atoms with Gasteiger partial charge in [0.2, 0.25) is 0 Å². The normalized spacial score (nSPS) is 11.6. The number of phenols is 1. The van der Waals surface area contributed by atoms with E-state index in [1.54, 1.807) is 18.2 Å². The van der Waals surface area contributed by atoms with Crippen LogP contribution in [-0.2, 0) is 9.53 Å². The van der Waals surface area contributed by atoms with E-state index in [0.717, 1.165) is 5.56 Å². The Hall–Kier alpha value is -2.53. The predicted octanol–water partition coefficient (Wildman–Crippen LogP) is 3.08. The van der Waals surface area contributed by atoms with Crippen LogP contribution in [-0.4, -0.2) is 23.6 Å². The van der Waals surface area contributed by atoms with Gasteiger partial charge in [-0.1, -0.05) is 23.7 Å². The maximum Gasteiger partial charge on any atom is 0.338 e. The number of rotatable bonds is 5. The quantitative estimate of drug-likeness (QED) is 0.824. The van der Waals surface area contributed by atoms with Crippen molar-refractivity contribution in [3.8, 4) is 5.75 Å². The van der Waals surface area contributed by atoms with Crippen LogP contribution in [0, 0.1) is 0 Å². The highest BCUT2D eigenvalue weighted by Crippen LogP contribution is 2.17. The number of ether oxygens (including phenoxy) is 1. The zero-order chi connectivity index (χ0) is 16.8. The number of amides is 1. The smallest absolute Gasteiger partial charge is 0.338 e. The van der Waals surface area contributed by atoms with Crippen molar-refractivity contribution in [2.75, 3.05) is 6.61 Å². The number of benzene rings is 2. The monoisotopic (exact) mass is 333 g/mol. The van der Waals surface area contributed by atoms with E-state index in [0.29, 0.717) is 5.02 Å². The third-order valence-electron chi connectivity index (χ3n) is 3.16. The maximum absolute atomic E-state index is 11.8. The standard InChI is InChI=1S/C17H16ClNO4/c1-11(13-3-2-4-14(18)9-13)19-16(21)10-23-17(22)12-5-7-15(20)8-6-12/h2-9,11,20H,10H2,1H3,(H,19,21)/t11-/m1/s1. The Morgan fingerprint density at radius 1 is 1.22 bits per heavy atom. The fourth-order valence-corrected chi connectivity index (χ4v) is 2.15. The summed E-state index contributed by atoms with van der Waals surface area (Å²) in [6, 6.07) is 12.5. The number of hydrogen-bond acceptors (Lipinski definition) is 4. The van der Waals surface area contributed by atoms with Gasteiger partial charge in [0, 0.05) is 5.02 Å². The SMILES string of the molecule is C[C@@H](NC(=O)COC(=O)c1ccc(O)cc1)c1cccc(Cl)c1. The Labute approximate surface area is 138 Å². The molecule has 0 bridgehead atoms. The van der Waals surface area contributed by atoms with Crippen LogP contribution in [0.25, 0.3) is 0 Å². The van der Waals surface area contributed by atoms with E-state index in [1.807, 2.05) is 13.0 Å². The Balaban J connectivity index is 1.85. The molecule has 0 fully saturated rings. The summed E-state index contributed by atoms with van der Waals surface area (Å²) in [6.07, 6.45) is 0. The van der Waals surface area contributed by atoms with Crippen molar-refractivity contribution in [2.45, 2.75) is 13.0 Å². The molecular formula is C17H16ClNO4. The lowest BCUT2D eigenvalue weighted by Crippen LogP contribution is -2.31. The van der Waals surface area contributed by atoms with Gasteiger partial charge in [0.25, 0.3) is 5.91 Å². The van der Waals surface area contributed by atoms with Crippen molar-refractivity contribution in [3.05, 3.63) is 64.7 Å². The van der Waals surface area contributed by atoms with Crippen molar-refractivity contribution in [1.29, 1.82) is 0 Å². The molecule has 0 aliphatic carbocycles. The molecule has 2 aromatic rings. The number of phenolic OH excluding ortho intramolecular Hbond substituents is 1. The van der Waals surface area contributed by atoms with Crippen molar-refractivity contribution >= 4 is 23.5 Å². The number of hydrogen-bond donors (Lipinski definition) is 2. The van der Waals surface area contributed by atoms with Crippen LogP contribution in [0.4, 0.5) is 0 Å². The molecule has 0 saturated heterocycles. The fraction of sp³-hybridized carbons (Fsp3) is 0.176. The van der Waals surface area contributed by atoms with Crippen LogP contribution < -0.4 is 5.32 Å².